The Bertz CT molecular complexity index is 697. The zero-order valence-electron chi connectivity index (χ0n) is 13.3. The van der Waals surface area contributed by atoms with Crippen molar-refractivity contribution >= 4 is 16.8 Å². The van der Waals surface area contributed by atoms with E-state index in [0.29, 0.717) is 31.0 Å². The Balaban J connectivity index is 1.36. The minimum Gasteiger partial charge on any atom is -0.352 e. The van der Waals surface area contributed by atoms with Crippen molar-refractivity contribution in [1.82, 2.24) is 15.6 Å². The fourth-order valence-corrected chi connectivity index (χ4v) is 4.18. The summed E-state index contributed by atoms with van der Waals surface area (Å²) in [5.41, 5.74) is 2.07. The summed E-state index contributed by atoms with van der Waals surface area (Å²) in [5, 5.41) is 7.84. The number of aromatic nitrogens is 1. The molecule has 0 saturated carbocycles. The van der Waals surface area contributed by atoms with Gasteiger partial charge in [0.1, 0.15) is 0 Å². The predicted molar refractivity (Wildman–Crippen MR) is 90.9 cm³/mol. The zero-order chi connectivity index (χ0) is 15.6. The Hall–Kier alpha value is -1.94. The number of rotatable bonds is 4. The number of amides is 1. The number of nitrogens with zero attached hydrogens (tertiary/aromatic N) is 1. The molecule has 2 atom stereocenters. The molecular weight excluding hydrogens is 286 g/mol. The molecule has 23 heavy (non-hydrogen) atoms. The van der Waals surface area contributed by atoms with Crippen LogP contribution in [0.1, 0.15) is 37.7 Å². The maximum Gasteiger partial charge on any atom is 0.220 e. The van der Waals surface area contributed by atoms with Crippen molar-refractivity contribution in [3.63, 3.8) is 0 Å². The van der Waals surface area contributed by atoms with Gasteiger partial charge in [-0.15, -0.1) is 0 Å². The molecule has 2 unspecified atom stereocenters. The van der Waals surface area contributed by atoms with Gasteiger partial charge in [-0.2, -0.15) is 0 Å². The Kier molecular flexibility index (Phi) is 4.00. The van der Waals surface area contributed by atoms with Crippen LogP contribution >= 0.6 is 0 Å². The summed E-state index contributed by atoms with van der Waals surface area (Å²) >= 11 is 0. The van der Waals surface area contributed by atoms with E-state index in [4.69, 9.17) is 0 Å². The Labute approximate surface area is 136 Å². The number of fused-ring (bicyclic) bond motifs is 3. The number of hydrogen-bond acceptors (Lipinski definition) is 3. The van der Waals surface area contributed by atoms with E-state index >= 15 is 0 Å². The first-order valence-electron chi connectivity index (χ1n) is 8.63. The second-order valence-electron chi connectivity index (χ2n) is 6.95. The highest BCUT2D eigenvalue weighted by Crippen LogP contribution is 2.32. The maximum atomic E-state index is 12.3. The average Bonchev–Trinajstić information content (AvgIpc) is 2.91. The summed E-state index contributed by atoms with van der Waals surface area (Å²) in [6.07, 6.45) is 7.33. The monoisotopic (exact) mass is 309 g/mol. The van der Waals surface area contributed by atoms with Gasteiger partial charge in [0.05, 0.1) is 5.52 Å². The largest absolute Gasteiger partial charge is 0.352 e. The van der Waals surface area contributed by atoms with E-state index in [-0.39, 0.29) is 5.91 Å². The lowest BCUT2D eigenvalue weighted by atomic mass is 9.89. The summed E-state index contributed by atoms with van der Waals surface area (Å²) in [6.45, 7) is 0.561. The highest BCUT2D eigenvalue weighted by atomic mass is 16.1. The molecule has 4 nitrogen and oxygen atoms in total. The molecule has 1 aromatic carbocycles. The average molecular weight is 309 g/mol. The highest BCUT2D eigenvalue weighted by molar-refractivity contribution is 5.82. The Morgan fingerprint density at radius 1 is 1.17 bits per heavy atom. The lowest BCUT2D eigenvalue weighted by molar-refractivity contribution is -0.122. The molecule has 2 aliphatic rings. The molecule has 3 heterocycles. The lowest BCUT2D eigenvalue weighted by Crippen LogP contribution is -2.39. The minimum atomic E-state index is 0.171. The van der Waals surface area contributed by atoms with E-state index in [2.05, 4.69) is 27.8 Å². The fraction of sp³-hybridized carbons (Fsp3) is 0.474. The number of carbonyl (C=O) groups is 1. The van der Waals surface area contributed by atoms with Crippen molar-refractivity contribution in [2.45, 2.75) is 50.7 Å². The van der Waals surface area contributed by atoms with Crippen molar-refractivity contribution < 1.29 is 4.79 Å². The summed E-state index contributed by atoms with van der Waals surface area (Å²) in [4.78, 5) is 16.7. The van der Waals surface area contributed by atoms with E-state index in [9.17, 15) is 4.79 Å². The summed E-state index contributed by atoms with van der Waals surface area (Å²) in [5.74, 6) is 0.712. The van der Waals surface area contributed by atoms with Gasteiger partial charge < -0.3 is 10.6 Å². The van der Waals surface area contributed by atoms with Crippen LogP contribution in [0.2, 0.25) is 0 Å². The van der Waals surface area contributed by atoms with Gasteiger partial charge in [-0.1, -0.05) is 24.3 Å². The molecule has 0 radical (unpaired) electrons. The van der Waals surface area contributed by atoms with E-state index in [1.807, 2.05) is 18.2 Å². The molecular formula is C19H23N3O. The van der Waals surface area contributed by atoms with Crippen LogP contribution in [0, 0.1) is 5.92 Å². The van der Waals surface area contributed by atoms with Gasteiger partial charge in [-0.05, 0) is 43.2 Å². The summed E-state index contributed by atoms with van der Waals surface area (Å²) < 4.78 is 0. The van der Waals surface area contributed by atoms with Crippen LogP contribution < -0.4 is 10.6 Å². The Morgan fingerprint density at radius 3 is 2.78 bits per heavy atom. The van der Waals surface area contributed by atoms with Crippen LogP contribution in [0.5, 0.6) is 0 Å². The van der Waals surface area contributed by atoms with Crippen molar-refractivity contribution in [3.05, 3.63) is 42.1 Å². The third-order valence-electron chi connectivity index (χ3n) is 5.24. The third kappa shape index (κ3) is 3.22. The minimum absolute atomic E-state index is 0.171. The van der Waals surface area contributed by atoms with Crippen molar-refractivity contribution in [1.29, 1.82) is 0 Å². The predicted octanol–water partition coefficient (Wildman–Crippen LogP) is 2.77. The van der Waals surface area contributed by atoms with Crippen LogP contribution in [0.4, 0.5) is 0 Å². The third-order valence-corrected chi connectivity index (χ3v) is 5.24. The second-order valence-corrected chi connectivity index (χ2v) is 6.95. The quantitative estimate of drug-likeness (QED) is 0.913. The second kappa shape index (κ2) is 6.28. The molecule has 1 amide bonds. The molecule has 1 aromatic heterocycles. The molecule has 4 heteroatoms. The van der Waals surface area contributed by atoms with E-state index in [1.54, 1.807) is 6.20 Å². The molecule has 2 N–H and O–H groups in total. The van der Waals surface area contributed by atoms with Crippen molar-refractivity contribution in [3.8, 4) is 0 Å². The normalized spacial score (nSPS) is 26.3. The molecule has 2 bridgehead atoms. The fourth-order valence-electron chi connectivity index (χ4n) is 4.18. The SMILES string of the molecule is O=C(CC1CC2CCC(C1)N2)NCc1cccc2cccnc12. The van der Waals surface area contributed by atoms with Crippen LogP contribution in [-0.2, 0) is 11.3 Å². The van der Waals surface area contributed by atoms with Gasteiger partial charge in [-0.3, -0.25) is 9.78 Å². The molecule has 120 valence electrons. The van der Waals surface area contributed by atoms with Gasteiger partial charge in [0.15, 0.2) is 0 Å². The lowest BCUT2D eigenvalue weighted by Gasteiger charge is -2.28. The highest BCUT2D eigenvalue weighted by Gasteiger charge is 2.34. The van der Waals surface area contributed by atoms with Gasteiger partial charge in [0.2, 0.25) is 5.91 Å². The van der Waals surface area contributed by atoms with Crippen LogP contribution in [0.3, 0.4) is 0 Å². The van der Waals surface area contributed by atoms with Gasteiger partial charge in [-0.25, -0.2) is 0 Å². The molecule has 4 rings (SSSR count). The smallest absolute Gasteiger partial charge is 0.220 e. The molecule has 2 saturated heterocycles. The van der Waals surface area contributed by atoms with Crippen LogP contribution in [0.25, 0.3) is 10.9 Å². The standard InChI is InChI=1S/C19H23N3O/c23-18(11-13-9-16-6-7-17(10-13)22-16)21-12-15-4-1-3-14-5-2-8-20-19(14)15/h1-5,8,13,16-17,22H,6-7,9-12H2,(H,21,23). The molecule has 0 spiro atoms. The molecule has 2 fully saturated rings. The van der Waals surface area contributed by atoms with Crippen molar-refractivity contribution in [2.75, 3.05) is 0 Å². The van der Waals surface area contributed by atoms with Gasteiger partial charge in [0, 0.05) is 36.6 Å². The number of piperidine rings is 1. The van der Waals surface area contributed by atoms with E-state index in [0.717, 1.165) is 29.3 Å². The van der Waals surface area contributed by atoms with Crippen LogP contribution in [-0.4, -0.2) is 23.0 Å². The topological polar surface area (TPSA) is 54.0 Å². The first kappa shape index (κ1) is 14.6. The number of nitrogens with one attached hydrogen (secondary N) is 2. The number of carbonyl (C=O) groups excluding carboxylic acids is 1. The zero-order valence-corrected chi connectivity index (χ0v) is 13.3. The Morgan fingerprint density at radius 2 is 1.96 bits per heavy atom. The van der Waals surface area contributed by atoms with Crippen molar-refractivity contribution in [2.24, 2.45) is 5.92 Å². The number of benzene rings is 1. The van der Waals surface area contributed by atoms with Gasteiger partial charge >= 0.3 is 0 Å². The first-order chi connectivity index (χ1) is 11.3. The number of pyridine rings is 1. The number of hydrogen-bond donors (Lipinski definition) is 2. The molecule has 2 aromatic rings. The van der Waals surface area contributed by atoms with E-state index in [1.165, 1.54) is 12.8 Å². The maximum absolute atomic E-state index is 12.3. The van der Waals surface area contributed by atoms with Crippen LogP contribution in [0.15, 0.2) is 36.5 Å². The number of para-hydroxylation sites is 1. The molecule has 0 aliphatic carbocycles. The molecule has 2 aliphatic heterocycles. The van der Waals surface area contributed by atoms with Gasteiger partial charge in [0.25, 0.3) is 0 Å². The van der Waals surface area contributed by atoms with E-state index < -0.39 is 0 Å². The first-order valence-corrected chi connectivity index (χ1v) is 8.63. The summed E-state index contributed by atoms with van der Waals surface area (Å²) in [6, 6.07) is 11.4. The summed E-state index contributed by atoms with van der Waals surface area (Å²) in [7, 11) is 0.